The lowest BCUT2D eigenvalue weighted by atomic mass is 9.86. The van der Waals surface area contributed by atoms with E-state index in [0.717, 1.165) is 5.56 Å². The van der Waals surface area contributed by atoms with Crippen LogP contribution in [0.2, 0.25) is 0 Å². The zero-order chi connectivity index (χ0) is 19.4. The Hall–Kier alpha value is -2.40. The fraction of sp³-hybridized carbons (Fsp3) is 0.318. The van der Waals surface area contributed by atoms with Gasteiger partial charge in [0.1, 0.15) is 0 Å². The van der Waals surface area contributed by atoms with Crippen LogP contribution in [0.1, 0.15) is 55.1 Å². The van der Waals surface area contributed by atoms with Gasteiger partial charge in [0.2, 0.25) is 5.89 Å². The first-order valence-corrected chi connectivity index (χ1v) is 9.88. The maximum Gasteiger partial charge on any atom is 0.277 e. The Morgan fingerprint density at radius 3 is 2.33 bits per heavy atom. The molecule has 0 N–H and O–H groups in total. The zero-order valence-electron chi connectivity index (χ0n) is 16.1. The van der Waals surface area contributed by atoms with Crippen molar-refractivity contribution in [3.63, 3.8) is 0 Å². The van der Waals surface area contributed by atoms with Gasteiger partial charge in [-0.1, -0.05) is 87.1 Å². The molecule has 0 bridgehead atoms. The van der Waals surface area contributed by atoms with E-state index >= 15 is 0 Å². The molecule has 3 aromatic rings. The van der Waals surface area contributed by atoms with E-state index in [2.05, 4.69) is 31.0 Å². The number of nitrogens with zero attached hydrogens (tertiary/aromatic N) is 2. The third kappa shape index (κ3) is 5.07. The molecule has 0 fully saturated rings. The summed E-state index contributed by atoms with van der Waals surface area (Å²) in [5.74, 6) is 0.612. The van der Waals surface area contributed by atoms with Crippen molar-refractivity contribution in [1.82, 2.24) is 10.2 Å². The number of aromatic nitrogens is 2. The van der Waals surface area contributed by atoms with Gasteiger partial charge in [-0.25, -0.2) is 0 Å². The third-order valence-electron chi connectivity index (χ3n) is 4.33. The second kappa shape index (κ2) is 8.09. The molecule has 1 atom stereocenters. The minimum absolute atomic E-state index is 0.0586. The van der Waals surface area contributed by atoms with E-state index in [-0.39, 0.29) is 16.4 Å². The van der Waals surface area contributed by atoms with Gasteiger partial charge in [0.15, 0.2) is 5.78 Å². The highest BCUT2D eigenvalue weighted by Crippen LogP contribution is 2.27. The SMILES string of the molecule is C[C@H](Sc1nnc(Cc2ccccc2)o1)C(=O)c1ccc(C(C)(C)C)cc1. The first-order valence-electron chi connectivity index (χ1n) is 9.00. The molecule has 0 aliphatic carbocycles. The van der Waals surface area contributed by atoms with Crippen LogP contribution < -0.4 is 0 Å². The molecule has 27 heavy (non-hydrogen) atoms. The van der Waals surface area contributed by atoms with Crippen molar-refractivity contribution in [3.8, 4) is 0 Å². The van der Waals surface area contributed by atoms with E-state index in [1.807, 2.05) is 61.5 Å². The molecule has 0 spiro atoms. The number of benzene rings is 2. The molecule has 0 radical (unpaired) electrons. The quantitative estimate of drug-likeness (QED) is 0.428. The normalized spacial score (nSPS) is 12.7. The fourth-order valence-electron chi connectivity index (χ4n) is 2.70. The first-order chi connectivity index (χ1) is 12.8. The minimum atomic E-state index is -0.296. The number of ketones is 1. The Labute approximate surface area is 164 Å². The Morgan fingerprint density at radius 2 is 1.70 bits per heavy atom. The van der Waals surface area contributed by atoms with E-state index in [4.69, 9.17) is 4.42 Å². The van der Waals surface area contributed by atoms with Crippen LogP contribution in [-0.2, 0) is 11.8 Å². The van der Waals surface area contributed by atoms with E-state index in [1.165, 1.54) is 17.3 Å². The highest BCUT2D eigenvalue weighted by molar-refractivity contribution is 8.00. The molecule has 0 unspecified atom stereocenters. The van der Waals surface area contributed by atoms with Crippen LogP contribution in [0, 0.1) is 0 Å². The predicted molar refractivity (Wildman–Crippen MR) is 108 cm³/mol. The van der Waals surface area contributed by atoms with Crippen molar-refractivity contribution in [2.75, 3.05) is 0 Å². The van der Waals surface area contributed by atoms with Crippen LogP contribution in [0.15, 0.2) is 64.2 Å². The molecule has 1 aromatic heterocycles. The molecule has 0 saturated heterocycles. The van der Waals surface area contributed by atoms with Gasteiger partial charge in [0, 0.05) is 5.56 Å². The second-order valence-electron chi connectivity index (χ2n) is 7.58. The molecular formula is C22H24N2O2S. The summed E-state index contributed by atoms with van der Waals surface area (Å²) in [5.41, 5.74) is 3.09. The summed E-state index contributed by atoms with van der Waals surface area (Å²) in [6.07, 6.45) is 0.588. The Bertz CT molecular complexity index is 896. The Balaban J connectivity index is 1.63. The van der Waals surface area contributed by atoms with E-state index < -0.39 is 0 Å². The minimum Gasteiger partial charge on any atom is -0.416 e. The lowest BCUT2D eigenvalue weighted by molar-refractivity contribution is 0.0993. The van der Waals surface area contributed by atoms with Crippen LogP contribution in [0.3, 0.4) is 0 Å². The Kier molecular flexibility index (Phi) is 5.80. The van der Waals surface area contributed by atoms with Crippen LogP contribution in [0.4, 0.5) is 0 Å². The monoisotopic (exact) mass is 380 g/mol. The number of Topliss-reactive ketones (excluding diaryl/α,β-unsaturated/α-hetero) is 1. The van der Waals surface area contributed by atoms with Gasteiger partial charge in [0.05, 0.1) is 11.7 Å². The number of thioether (sulfide) groups is 1. The molecule has 1 heterocycles. The predicted octanol–water partition coefficient (Wildman–Crippen LogP) is 5.32. The van der Waals surface area contributed by atoms with Crippen molar-refractivity contribution >= 4 is 17.5 Å². The lowest BCUT2D eigenvalue weighted by Crippen LogP contribution is -2.15. The molecule has 4 nitrogen and oxygen atoms in total. The summed E-state index contributed by atoms with van der Waals surface area (Å²) in [5, 5.41) is 8.28. The molecule has 0 saturated carbocycles. The maximum absolute atomic E-state index is 12.7. The highest BCUT2D eigenvalue weighted by Gasteiger charge is 2.21. The molecule has 0 aliphatic rings. The van der Waals surface area contributed by atoms with E-state index in [0.29, 0.717) is 23.1 Å². The summed E-state index contributed by atoms with van der Waals surface area (Å²) in [7, 11) is 0. The van der Waals surface area contributed by atoms with Gasteiger partial charge in [0.25, 0.3) is 5.22 Å². The average molecular weight is 381 g/mol. The summed E-state index contributed by atoms with van der Waals surface area (Å²) in [6, 6.07) is 17.8. The van der Waals surface area contributed by atoms with Gasteiger partial charge in [-0.05, 0) is 23.5 Å². The van der Waals surface area contributed by atoms with E-state index in [1.54, 1.807) is 0 Å². The second-order valence-corrected chi connectivity index (χ2v) is 8.87. The topological polar surface area (TPSA) is 56.0 Å². The number of carbonyl (C=O) groups excluding carboxylic acids is 1. The molecule has 2 aromatic carbocycles. The van der Waals surface area contributed by atoms with Crippen molar-refractivity contribution in [3.05, 3.63) is 77.2 Å². The van der Waals surface area contributed by atoms with Crippen LogP contribution >= 0.6 is 11.8 Å². The van der Waals surface area contributed by atoms with Crippen molar-refractivity contribution < 1.29 is 9.21 Å². The summed E-state index contributed by atoms with van der Waals surface area (Å²) in [6.45, 7) is 8.34. The highest BCUT2D eigenvalue weighted by atomic mass is 32.2. The van der Waals surface area contributed by atoms with Crippen molar-refractivity contribution in [2.45, 2.75) is 50.0 Å². The summed E-state index contributed by atoms with van der Waals surface area (Å²) < 4.78 is 5.70. The number of hydrogen-bond acceptors (Lipinski definition) is 5. The van der Waals surface area contributed by atoms with Gasteiger partial charge in [-0.2, -0.15) is 0 Å². The summed E-state index contributed by atoms with van der Waals surface area (Å²) in [4.78, 5) is 12.7. The van der Waals surface area contributed by atoms with Crippen molar-refractivity contribution in [2.24, 2.45) is 0 Å². The average Bonchev–Trinajstić information content (AvgIpc) is 3.08. The first kappa shape index (κ1) is 19.4. The third-order valence-corrected chi connectivity index (χ3v) is 5.26. The van der Waals surface area contributed by atoms with E-state index in [9.17, 15) is 4.79 Å². The van der Waals surface area contributed by atoms with Gasteiger partial charge >= 0.3 is 0 Å². The fourth-order valence-corrected chi connectivity index (χ4v) is 3.48. The van der Waals surface area contributed by atoms with Gasteiger partial charge < -0.3 is 4.42 Å². The molecular weight excluding hydrogens is 356 g/mol. The summed E-state index contributed by atoms with van der Waals surface area (Å²) >= 11 is 1.30. The molecule has 0 amide bonds. The molecule has 0 aliphatic heterocycles. The zero-order valence-corrected chi connectivity index (χ0v) is 16.9. The molecule has 140 valence electrons. The lowest BCUT2D eigenvalue weighted by Gasteiger charge is -2.19. The van der Waals surface area contributed by atoms with Crippen LogP contribution in [-0.4, -0.2) is 21.2 Å². The van der Waals surface area contributed by atoms with Gasteiger partial charge in [-0.15, -0.1) is 10.2 Å². The largest absolute Gasteiger partial charge is 0.416 e. The smallest absolute Gasteiger partial charge is 0.277 e. The van der Waals surface area contributed by atoms with Crippen molar-refractivity contribution in [1.29, 1.82) is 0 Å². The Morgan fingerprint density at radius 1 is 1.04 bits per heavy atom. The number of hydrogen-bond donors (Lipinski definition) is 0. The maximum atomic E-state index is 12.7. The number of rotatable bonds is 6. The molecule has 5 heteroatoms. The number of carbonyl (C=O) groups is 1. The molecule has 3 rings (SSSR count). The standard InChI is InChI=1S/C22H24N2O2S/c1-15(20(25)17-10-12-18(13-11-17)22(2,3)4)27-21-24-23-19(26-21)14-16-8-6-5-7-9-16/h5-13,15H,14H2,1-4H3/t15-/m0/s1. The van der Waals surface area contributed by atoms with Crippen LogP contribution in [0.25, 0.3) is 0 Å². The van der Waals surface area contributed by atoms with Crippen LogP contribution in [0.5, 0.6) is 0 Å². The van der Waals surface area contributed by atoms with Gasteiger partial charge in [-0.3, -0.25) is 4.79 Å².